The molecule has 1 saturated carbocycles. The van der Waals surface area contributed by atoms with Crippen LogP contribution in [0.15, 0.2) is 55.1 Å². The van der Waals surface area contributed by atoms with E-state index in [1.54, 1.807) is 12.4 Å². The number of amides is 1. The second kappa shape index (κ2) is 8.48. The molecule has 0 bridgehead atoms. The second-order valence-electron chi connectivity index (χ2n) is 8.86. The van der Waals surface area contributed by atoms with Crippen LogP contribution in [0, 0.1) is 0 Å². The summed E-state index contributed by atoms with van der Waals surface area (Å²) in [5, 5.41) is 18.5. The fourth-order valence-electron chi connectivity index (χ4n) is 4.82. The lowest BCUT2D eigenvalue weighted by atomic mass is 10.1. The van der Waals surface area contributed by atoms with E-state index in [1.807, 2.05) is 41.1 Å². The minimum absolute atomic E-state index is 0.0732. The van der Waals surface area contributed by atoms with Crippen molar-refractivity contribution in [2.24, 2.45) is 0 Å². The highest BCUT2D eigenvalue weighted by atomic mass is 16.3. The summed E-state index contributed by atoms with van der Waals surface area (Å²) in [6.07, 6.45) is 4.93. The number of rotatable bonds is 5. The summed E-state index contributed by atoms with van der Waals surface area (Å²) in [5.41, 5.74) is 11.4. The molecule has 1 fully saturated rings. The lowest BCUT2D eigenvalue weighted by molar-refractivity contribution is 0.0952. The second-order valence-corrected chi connectivity index (χ2v) is 8.86. The number of benzene rings is 2. The Hall–Kier alpha value is -4.31. The highest BCUT2D eigenvalue weighted by molar-refractivity contribution is 6.04. The van der Waals surface area contributed by atoms with Gasteiger partial charge in [-0.25, -0.2) is 19.6 Å². The first-order valence-corrected chi connectivity index (χ1v) is 11.5. The maximum atomic E-state index is 12.7. The third kappa shape index (κ3) is 3.77. The Kier molecular flexibility index (Phi) is 5.14. The Morgan fingerprint density at radius 1 is 1.14 bits per heavy atom. The number of carbonyl (C=O) groups excluding carboxylic acids is 1. The molecule has 0 saturated heterocycles. The van der Waals surface area contributed by atoms with Gasteiger partial charge in [0, 0.05) is 12.1 Å². The van der Waals surface area contributed by atoms with Gasteiger partial charge in [0.2, 0.25) is 0 Å². The predicted octanol–water partition coefficient (Wildman–Crippen LogP) is 2.97. The van der Waals surface area contributed by atoms with Crippen LogP contribution >= 0.6 is 0 Å². The standard InChI is InChI=1S/C25H24N8O2/c26-23-20-21(32-33(24(20)31-13-30-23)16-8-9-17(34)10-16)15-6-4-14(5-7-15)11-27-25(35)18-2-1-3-19-22(18)29-12-28-19/h1-7,12-13,16-17,34H,8-11H2,(H,27,35)(H,28,29)(H2,26,30,31). The number of aliphatic hydroxyl groups excluding tert-OH is 1. The van der Waals surface area contributed by atoms with Crippen LogP contribution in [0.4, 0.5) is 5.82 Å². The van der Waals surface area contributed by atoms with Gasteiger partial charge in [-0.1, -0.05) is 30.3 Å². The third-order valence-corrected chi connectivity index (χ3v) is 6.62. The number of aromatic nitrogens is 6. The Bertz CT molecular complexity index is 1540. The molecule has 1 amide bonds. The summed E-state index contributed by atoms with van der Waals surface area (Å²) in [6, 6.07) is 13.4. The van der Waals surface area contributed by atoms with Crippen LogP contribution in [0.2, 0.25) is 0 Å². The number of hydrogen-bond acceptors (Lipinski definition) is 7. The lowest BCUT2D eigenvalue weighted by Gasteiger charge is -2.10. The van der Waals surface area contributed by atoms with Crippen molar-refractivity contribution in [2.75, 3.05) is 5.73 Å². The molecule has 35 heavy (non-hydrogen) atoms. The molecule has 10 nitrogen and oxygen atoms in total. The van der Waals surface area contributed by atoms with Gasteiger partial charge in [0.15, 0.2) is 5.65 Å². The smallest absolute Gasteiger partial charge is 0.253 e. The fraction of sp³-hybridized carbons (Fsp3) is 0.240. The van der Waals surface area contributed by atoms with Gasteiger partial charge in [0.25, 0.3) is 5.91 Å². The predicted molar refractivity (Wildman–Crippen MR) is 131 cm³/mol. The number of nitrogens with one attached hydrogen (secondary N) is 2. The fourth-order valence-corrected chi connectivity index (χ4v) is 4.82. The van der Waals surface area contributed by atoms with Crippen molar-refractivity contribution in [3.63, 3.8) is 0 Å². The van der Waals surface area contributed by atoms with Gasteiger partial charge in [0.1, 0.15) is 23.4 Å². The highest BCUT2D eigenvalue weighted by Crippen LogP contribution is 2.36. The summed E-state index contributed by atoms with van der Waals surface area (Å²) in [7, 11) is 0. The number of carbonyl (C=O) groups is 1. The topological polar surface area (TPSA) is 148 Å². The maximum Gasteiger partial charge on any atom is 0.253 e. The normalized spacial score (nSPS) is 17.9. The number of nitrogen functional groups attached to an aromatic ring is 1. The Labute approximate surface area is 200 Å². The maximum absolute atomic E-state index is 12.7. The molecule has 0 spiro atoms. The molecule has 10 heteroatoms. The van der Waals surface area contributed by atoms with Gasteiger partial charge in [-0.15, -0.1) is 0 Å². The molecular formula is C25H24N8O2. The monoisotopic (exact) mass is 468 g/mol. The number of aromatic amines is 1. The van der Waals surface area contributed by atoms with E-state index in [9.17, 15) is 9.90 Å². The summed E-state index contributed by atoms with van der Waals surface area (Å²) >= 11 is 0. The van der Waals surface area contributed by atoms with Gasteiger partial charge in [-0.3, -0.25) is 4.79 Å². The largest absolute Gasteiger partial charge is 0.393 e. The van der Waals surface area contributed by atoms with Crippen LogP contribution in [0.25, 0.3) is 33.3 Å². The van der Waals surface area contributed by atoms with Crippen LogP contribution in [0.3, 0.4) is 0 Å². The lowest BCUT2D eigenvalue weighted by Crippen LogP contribution is -2.23. The number of anilines is 1. The molecule has 2 aromatic carbocycles. The van der Waals surface area contributed by atoms with Crippen molar-refractivity contribution in [3.8, 4) is 11.3 Å². The molecule has 0 radical (unpaired) electrons. The molecule has 2 unspecified atom stereocenters. The first-order chi connectivity index (χ1) is 17.1. The van der Waals surface area contributed by atoms with Crippen molar-refractivity contribution in [3.05, 3.63) is 66.2 Å². The van der Waals surface area contributed by atoms with E-state index in [0.29, 0.717) is 46.6 Å². The zero-order valence-electron chi connectivity index (χ0n) is 18.8. The third-order valence-electron chi connectivity index (χ3n) is 6.62. The summed E-state index contributed by atoms with van der Waals surface area (Å²) in [6.45, 7) is 0.375. The Morgan fingerprint density at radius 3 is 2.80 bits per heavy atom. The molecule has 1 aliphatic carbocycles. The van der Waals surface area contributed by atoms with Crippen LogP contribution in [0.1, 0.15) is 41.2 Å². The van der Waals surface area contributed by atoms with Gasteiger partial charge in [0.05, 0.1) is 34.9 Å². The van der Waals surface area contributed by atoms with E-state index in [-0.39, 0.29) is 18.1 Å². The molecule has 176 valence electrons. The van der Waals surface area contributed by atoms with Gasteiger partial charge in [-0.05, 0) is 37.0 Å². The molecule has 3 aromatic heterocycles. The minimum Gasteiger partial charge on any atom is -0.393 e. The number of imidazole rings is 1. The molecule has 6 rings (SSSR count). The van der Waals surface area contributed by atoms with E-state index in [1.165, 1.54) is 6.33 Å². The number of aliphatic hydroxyl groups is 1. The Balaban J connectivity index is 1.25. The van der Waals surface area contributed by atoms with E-state index in [0.717, 1.165) is 29.5 Å². The average Bonchev–Trinajstić information content (AvgIpc) is 3.61. The zero-order chi connectivity index (χ0) is 23.9. The first-order valence-electron chi connectivity index (χ1n) is 11.5. The van der Waals surface area contributed by atoms with E-state index in [4.69, 9.17) is 10.8 Å². The summed E-state index contributed by atoms with van der Waals surface area (Å²) in [4.78, 5) is 28.6. The highest BCUT2D eigenvalue weighted by Gasteiger charge is 2.28. The molecule has 2 atom stereocenters. The van der Waals surface area contributed by atoms with Crippen molar-refractivity contribution < 1.29 is 9.90 Å². The molecule has 5 aromatic rings. The van der Waals surface area contributed by atoms with E-state index in [2.05, 4.69) is 25.3 Å². The van der Waals surface area contributed by atoms with Crippen molar-refractivity contribution in [1.29, 1.82) is 0 Å². The molecule has 5 N–H and O–H groups in total. The van der Waals surface area contributed by atoms with Crippen molar-refractivity contribution >= 4 is 33.8 Å². The van der Waals surface area contributed by atoms with E-state index >= 15 is 0 Å². The van der Waals surface area contributed by atoms with Gasteiger partial charge in [-0.2, -0.15) is 5.10 Å². The number of nitrogens with zero attached hydrogens (tertiary/aromatic N) is 5. The van der Waals surface area contributed by atoms with E-state index < -0.39 is 0 Å². The molecule has 0 aliphatic heterocycles. The van der Waals surface area contributed by atoms with Gasteiger partial charge >= 0.3 is 0 Å². The van der Waals surface area contributed by atoms with Crippen LogP contribution in [-0.4, -0.2) is 46.8 Å². The number of fused-ring (bicyclic) bond motifs is 2. The summed E-state index contributed by atoms with van der Waals surface area (Å²) < 4.78 is 1.88. The van der Waals surface area contributed by atoms with Crippen LogP contribution < -0.4 is 11.1 Å². The molecule has 3 heterocycles. The number of H-pyrrole nitrogens is 1. The van der Waals surface area contributed by atoms with Crippen molar-refractivity contribution in [1.82, 2.24) is 35.0 Å². The van der Waals surface area contributed by atoms with Crippen molar-refractivity contribution in [2.45, 2.75) is 38.0 Å². The molecule has 1 aliphatic rings. The average molecular weight is 469 g/mol. The SMILES string of the molecule is Nc1ncnc2c1c(-c1ccc(CNC(=O)c3cccc4[nH]cnc34)cc1)nn2C1CCC(O)C1. The van der Waals surface area contributed by atoms with Crippen LogP contribution in [-0.2, 0) is 6.54 Å². The molecular weight excluding hydrogens is 444 g/mol. The zero-order valence-corrected chi connectivity index (χ0v) is 18.8. The van der Waals surface area contributed by atoms with Crippen LogP contribution in [0.5, 0.6) is 0 Å². The Morgan fingerprint density at radius 2 is 2.00 bits per heavy atom. The summed E-state index contributed by atoms with van der Waals surface area (Å²) in [5.74, 6) is 0.193. The minimum atomic E-state index is -0.323. The quantitative estimate of drug-likeness (QED) is 0.310. The number of para-hydroxylation sites is 1. The first kappa shape index (κ1) is 21.2. The number of nitrogens with two attached hydrogens (primary N) is 1. The number of hydrogen-bond donors (Lipinski definition) is 4. The van der Waals surface area contributed by atoms with Gasteiger partial charge < -0.3 is 21.1 Å².